The fraction of sp³-hybridized carbons (Fsp3) is 0.136. The standard InChI is InChI=1S/C22H23N3/c1-14(2)17-8-18(15(3)4)10-19(9-17)16(5)25-22-12-20(23-6)11-21(13-22)24-7/h8-13H,1,3,6-7H2,2,4-5H3. The summed E-state index contributed by atoms with van der Waals surface area (Å²) >= 11 is 0. The summed E-state index contributed by atoms with van der Waals surface area (Å²) in [6.07, 6.45) is 0. The molecule has 2 aromatic rings. The van der Waals surface area contributed by atoms with E-state index in [9.17, 15) is 0 Å². The summed E-state index contributed by atoms with van der Waals surface area (Å²) in [6, 6.07) is 11.8. The molecule has 0 bridgehead atoms. The van der Waals surface area contributed by atoms with E-state index in [1.807, 2.05) is 39.0 Å². The van der Waals surface area contributed by atoms with Crippen molar-refractivity contribution < 1.29 is 0 Å². The first-order valence-corrected chi connectivity index (χ1v) is 7.95. The van der Waals surface area contributed by atoms with Crippen molar-refractivity contribution in [2.75, 3.05) is 0 Å². The Labute approximate surface area is 149 Å². The fourth-order valence-electron chi connectivity index (χ4n) is 2.41. The van der Waals surface area contributed by atoms with E-state index >= 15 is 0 Å². The van der Waals surface area contributed by atoms with Gasteiger partial charge in [-0.05, 0) is 87.3 Å². The van der Waals surface area contributed by atoms with Gasteiger partial charge in [0.25, 0.3) is 0 Å². The van der Waals surface area contributed by atoms with E-state index in [4.69, 9.17) is 4.99 Å². The summed E-state index contributed by atoms with van der Waals surface area (Å²) < 4.78 is 0. The first kappa shape index (κ1) is 18.3. The van der Waals surface area contributed by atoms with Crippen molar-refractivity contribution in [3.05, 3.63) is 66.2 Å². The van der Waals surface area contributed by atoms with E-state index in [0.29, 0.717) is 0 Å². The highest BCUT2D eigenvalue weighted by Crippen LogP contribution is 2.29. The Morgan fingerprint density at radius 1 is 0.640 bits per heavy atom. The first-order chi connectivity index (χ1) is 11.8. The molecule has 0 unspecified atom stereocenters. The molecule has 0 aliphatic rings. The van der Waals surface area contributed by atoms with Gasteiger partial charge < -0.3 is 0 Å². The molecular formula is C22H23N3. The second-order valence-electron chi connectivity index (χ2n) is 6.08. The number of aliphatic imine (C=N–C) groups is 3. The minimum absolute atomic E-state index is 0.717. The predicted molar refractivity (Wildman–Crippen MR) is 113 cm³/mol. The molecule has 0 spiro atoms. The summed E-state index contributed by atoms with van der Waals surface area (Å²) in [7, 11) is 0. The van der Waals surface area contributed by atoms with Crippen LogP contribution in [0.4, 0.5) is 17.1 Å². The molecule has 2 aromatic carbocycles. The maximum Gasteiger partial charge on any atom is 0.0676 e. The van der Waals surface area contributed by atoms with E-state index in [0.717, 1.165) is 50.6 Å². The molecule has 0 aromatic heterocycles. The molecule has 2 rings (SSSR count). The molecule has 0 heterocycles. The van der Waals surface area contributed by atoms with Crippen LogP contribution in [-0.2, 0) is 0 Å². The van der Waals surface area contributed by atoms with Gasteiger partial charge >= 0.3 is 0 Å². The molecule has 0 fully saturated rings. The zero-order chi connectivity index (χ0) is 18.6. The van der Waals surface area contributed by atoms with Crippen molar-refractivity contribution in [3.8, 4) is 0 Å². The molecule has 126 valence electrons. The van der Waals surface area contributed by atoms with Gasteiger partial charge in [0.15, 0.2) is 0 Å². The Morgan fingerprint density at radius 3 is 1.44 bits per heavy atom. The van der Waals surface area contributed by atoms with E-state index in [-0.39, 0.29) is 0 Å². The molecule has 0 aliphatic carbocycles. The summed E-state index contributed by atoms with van der Waals surface area (Å²) in [5.41, 5.74) is 8.30. The van der Waals surface area contributed by atoms with Gasteiger partial charge in [-0.1, -0.05) is 24.3 Å². The quantitative estimate of drug-likeness (QED) is 0.538. The maximum atomic E-state index is 4.73. The molecule has 0 N–H and O–H groups in total. The van der Waals surface area contributed by atoms with Gasteiger partial charge in [0.05, 0.1) is 17.1 Å². The summed E-state index contributed by atoms with van der Waals surface area (Å²) in [4.78, 5) is 12.7. The van der Waals surface area contributed by atoms with Crippen molar-refractivity contribution in [1.29, 1.82) is 0 Å². The Morgan fingerprint density at radius 2 is 1.04 bits per heavy atom. The Kier molecular flexibility index (Phi) is 5.60. The van der Waals surface area contributed by atoms with Crippen LogP contribution in [0.1, 0.15) is 37.5 Å². The summed E-state index contributed by atoms with van der Waals surface area (Å²) in [5.74, 6) is 0. The monoisotopic (exact) mass is 329 g/mol. The minimum atomic E-state index is 0.717. The van der Waals surface area contributed by atoms with E-state index < -0.39 is 0 Å². The molecule has 0 amide bonds. The van der Waals surface area contributed by atoms with E-state index in [1.165, 1.54) is 0 Å². The molecule has 0 aliphatic heterocycles. The normalized spacial score (nSPS) is 11.1. The summed E-state index contributed by atoms with van der Waals surface area (Å²) in [6.45, 7) is 21.2. The maximum absolute atomic E-state index is 4.73. The highest BCUT2D eigenvalue weighted by atomic mass is 14.8. The minimum Gasteiger partial charge on any atom is -0.265 e. The number of hydrogen-bond acceptors (Lipinski definition) is 3. The van der Waals surface area contributed by atoms with Gasteiger partial charge in [-0.2, -0.15) is 0 Å². The second kappa shape index (κ2) is 7.67. The number of benzene rings is 2. The molecule has 3 heteroatoms. The van der Waals surface area contributed by atoms with Gasteiger partial charge in [0.1, 0.15) is 0 Å². The largest absolute Gasteiger partial charge is 0.265 e. The van der Waals surface area contributed by atoms with Crippen LogP contribution in [-0.4, -0.2) is 19.1 Å². The Bertz CT molecular complexity index is 843. The molecular weight excluding hydrogens is 306 g/mol. The van der Waals surface area contributed by atoms with Crippen LogP contribution >= 0.6 is 0 Å². The third-order valence-corrected chi connectivity index (χ3v) is 3.89. The smallest absolute Gasteiger partial charge is 0.0676 e. The average molecular weight is 329 g/mol. The van der Waals surface area contributed by atoms with Crippen LogP contribution in [0.25, 0.3) is 11.1 Å². The SMILES string of the molecule is C=Nc1cc(N=C)cc(N=C(C)c2cc(C(=C)C)cc(C(=C)C)c2)c1. The zero-order valence-corrected chi connectivity index (χ0v) is 15.1. The predicted octanol–water partition coefficient (Wildman–Crippen LogP) is 6.56. The lowest BCUT2D eigenvalue weighted by molar-refractivity contribution is 1.42. The highest BCUT2D eigenvalue weighted by molar-refractivity contribution is 6.01. The van der Waals surface area contributed by atoms with Crippen molar-refractivity contribution in [3.63, 3.8) is 0 Å². The average Bonchev–Trinajstić information content (AvgIpc) is 2.60. The van der Waals surface area contributed by atoms with Crippen LogP contribution in [0.2, 0.25) is 0 Å². The molecule has 25 heavy (non-hydrogen) atoms. The number of nitrogens with zero attached hydrogens (tertiary/aromatic N) is 3. The van der Waals surface area contributed by atoms with Crippen molar-refractivity contribution in [1.82, 2.24) is 0 Å². The zero-order valence-electron chi connectivity index (χ0n) is 15.1. The molecule has 0 saturated heterocycles. The molecule has 0 saturated carbocycles. The van der Waals surface area contributed by atoms with Gasteiger partial charge in [-0.25, -0.2) is 0 Å². The van der Waals surface area contributed by atoms with E-state index in [1.54, 1.807) is 0 Å². The van der Waals surface area contributed by atoms with Gasteiger partial charge in [0, 0.05) is 5.71 Å². The van der Waals surface area contributed by atoms with Gasteiger partial charge in [-0.15, -0.1) is 0 Å². The van der Waals surface area contributed by atoms with Crippen LogP contribution in [0, 0.1) is 0 Å². The summed E-state index contributed by atoms with van der Waals surface area (Å²) in [5, 5.41) is 0. The Hall–Kier alpha value is -3.07. The van der Waals surface area contributed by atoms with Crippen LogP contribution in [0.15, 0.2) is 64.5 Å². The van der Waals surface area contributed by atoms with Gasteiger partial charge in [0.2, 0.25) is 0 Å². The third kappa shape index (κ3) is 4.48. The lowest BCUT2D eigenvalue weighted by atomic mass is 9.96. The third-order valence-electron chi connectivity index (χ3n) is 3.89. The van der Waals surface area contributed by atoms with Gasteiger partial charge in [-0.3, -0.25) is 15.0 Å². The Balaban J connectivity index is 2.56. The van der Waals surface area contributed by atoms with Crippen molar-refractivity contribution in [2.45, 2.75) is 20.8 Å². The fourth-order valence-corrected chi connectivity index (χ4v) is 2.41. The lowest BCUT2D eigenvalue weighted by Crippen LogP contribution is -1.97. The first-order valence-electron chi connectivity index (χ1n) is 7.95. The molecule has 0 atom stereocenters. The lowest BCUT2D eigenvalue weighted by Gasteiger charge is -2.10. The van der Waals surface area contributed by atoms with Crippen LogP contribution in [0.5, 0.6) is 0 Å². The number of allylic oxidation sites excluding steroid dienone is 2. The van der Waals surface area contributed by atoms with Crippen LogP contribution < -0.4 is 0 Å². The van der Waals surface area contributed by atoms with Crippen molar-refractivity contribution >= 4 is 47.4 Å². The molecule has 3 nitrogen and oxygen atoms in total. The van der Waals surface area contributed by atoms with Crippen LogP contribution in [0.3, 0.4) is 0 Å². The molecule has 0 radical (unpaired) electrons. The van der Waals surface area contributed by atoms with E-state index in [2.05, 4.69) is 54.8 Å². The number of rotatable bonds is 6. The second-order valence-corrected chi connectivity index (χ2v) is 6.08. The highest BCUT2D eigenvalue weighted by Gasteiger charge is 2.06. The van der Waals surface area contributed by atoms with Crippen molar-refractivity contribution in [2.24, 2.45) is 15.0 Å². The number of hydrogen-bond donors (Lipinski definition) is 0. The topological polar surface area (TPSA) is 37.1 Å².